The molecule has 0 aliphatic heterocycles. The molecule has 1 rings (SSSR count). The smallest absolute Gasteiger partial charge is 0.140 e. The first-order valence-corrected chi connectivity index (χ1v) is 3.75. The maximum Gasteiger partial charge on any atom is 0.140 e. The molecule has 3 nitrogen and oxygen atoms in total. The van der Waals surface area contributed by atoms with Crippen LogP contribution in [0.25, 0.3) is 0 Å². The highest BCUT2D eigenvalue weighted by molar-refractivity contribution is 5.33. The summed E-state index contributed by atoms with van der Waals surface area (Å²) in [5.74, 6) is 0.867. The monoisotopic (exact) mass is 151 g/mol. The molecule has 0 unspecified atom stereocenters. The van der Waals surface area contributed by atoms with Gasteiger partial charge < -0.3 is 5.43 Å². The fraction of sp³-hybridized carbons (Fsp3) is 0.375. The summed E-state index contributed by atoms with van der Waals surface area (Å²) in [6, 6.07) is 5.93. The summed E-state index contributed by atoms with van der Waals surface area (Å²) in [5, 5.41) is 0. The van der Waals surface area contributed by atoms with Crippen molar-refractivity contribution in [1.82, 2.24) is 10.4 Å². The molecule has 0 aliphatic carbocycles. The van der Waals surface area contributed by atoms with Gasteiger partial charge in [-0.1, -0.05) is 13.0 Å². The van der Waals surface area contributed by atoms with Gasteiger partial charge in [0.15, 0.2) is 0 Å². The Hall–Kier alpha value is -1.09. The van der Waals surface area contributed by atoms with E-state index in [2.05, 4.69) is 22.8 Å². The molecule has 0 saturated carbocycles. The Morgan fingerprint density at radius 3 is 2.91 bits per heavy atom. The average Bonchev–Trinajstić information content (AvgIpc) is 2.06. The van der Waals surface area contributed by atoms with E-state index in [1.807, 2.05) is 25.2 Å². The van der Waals surface area contributed by atoms with Crippen molar-refractivity contribution in [2.75, 3.05) is 12.5 Å². The van der Waals surface area contributed by atoms with E-state index < -0.39 is 0 Å². The SMILES string of the molecule is CCc1cccc(NNC)n1. The second kappa shape index (κ2) is 3.93. The van der Waals surface area contributed by atoms with Crippen LogP contribution in [0.15, 0.2) is 18.2 Å². The third-order valence-electron chi connectivity index (χ3n) is 1.42. The lowest BCUT2D eigenvalue weighted by atomic mass is 10.3. The molecule has 0 radical (unpaired) electrons. The molecule has 1 aromatic rings. The number of hydrogen-bond donors (Lipinski definition) is 2. The van der Waals surface area contributed by atoms with Gasteiger partial charge in [0, 0.05) is 12.7 Å². The summed E-state index contributed by atoms with van der Waals surface area (Å²) in [7, 11) is 1.82. The first kappa shape index (κ1) is 8.01. The number of nitrogens with zero attached hydrogens (tertiary/aromatic N) is 1. The number of aromatic nitrogens is 1. The standard InChI is InChI=1S/C8H13N3/c1-3-7-5-4-6-8(10-7)11-9-2/h4-6,9H,3H2,1-2H3,(H,10,11). The molecular formula is C8H13N3. The Morgan fingerprint density at radius 1 is 1.45 bits per heavy atom. The van der Waals surface area contributed by atoms with Crippen molar-refractivity contribution < 1.29 is 0 Å². The van der Waals surface area contributed by atoms with Gasteiger partial charge in [-0.25, -0.2) is 10.4 Å². The lowest BCUT2D eigenvalue weighted by Crippen LogP contribution is -2.16. The van der Waals surface area contributed by atoms with Gasteiger partial charge in [0.1, 0.15) is 5.82 Å². The van der Waals surface area contributed by atoms with Crippen LogP contribution in [0.5, 0.6) is 0 Å². The highest BCUT2D eigenvalue weighted by Gasteiger charge is 1.92. The summed E-state index contributed by atoms with van der Waals surface area (Å²) in [4.78, 5) is 4.31. The van der Waals surface area contributed by atoms with E-state index in [1.54, 1.807) is 0 Å². The molecule has 0 aliphatic rings. The summed E-state index contributed by atoms with van der Waals surface area (Å²) in [6.07, 6.45) is 0.971. The van der Waals surface area contributed by atoms with Gasteiger partial charge in [-0.3, -0.25) is 0 Å². The van der Waals surface area contributed by atoms with Crippen molar-refractivity contribution in [2.45, 2.75) is 13.3 Å². The molecule has 0 spiro atoms. The molecule has 11 heavy (non-hydrogen) atoms. The molecule has 0 amide bonds. The van der Waals surface area contributed by atoms with E-state index in [9.17, 15) is 0 Å². The number of anilines is 1. The van der Waals surface area contributed by atoms with Crippen LogP contribution < -0.4 is 10.9 Å². The normalized spacial score (nSPS) is 9.64. The van der Waals surface area contributed by atoms with E-state index in [4.69, 9.17) is 0 Å². The van der Waals surface area contributed by atoms with E-state index in [0.717, 1.165) is 17.9 Å². The third kappa shape index (κ3) is 2.20. The van der Waals surface area contributed by atoms with Crippen LogP contribution in [-0.2, 0) is 6.42 Å². The minimum atomic E-state index is 0.867. The predicted molar refractivity (Wildman–Crippen MR) is 46.3 cm³/mol. The van der Waals surface area contributed by atoms with E-state index in [0.29, 0.717) is 0 Å². The number of aryl methyl sites for hydroxylation is 1. The molecule has 0 atom stereocenters. The highest BCUT2D eigenvalue weighted by atomic mass is 15.4. The van der Waals surface area contributed by atoms with E-state index in [-0.39, 0.29) is 0 Å². The van der Waals surface area contributed by atoms with Crippen LogP contribution in [0.3, 0.4) is 0 Å². The minimum Gasteiger partial charge on any atom is -0.306 e. The molecule has 0 aromatic carbocycles. The maximum atomic E-state index is 4.31. The van der Waals surface area contributed by atoms with Crippen molar-refractivity contribution in [2.24, 2.45) is 0 Å². The van der Waals surface area contributed by atoms with Gasteiger partial charge in [0.25, 0.3) is 0 Å². The lowest BCUT2D eigenvalue weighted by Gasteiger charge is -2.03. The Kier molecular flexibility index (Phi) is 2.86. The van der Waals surface area contributed by atoms with Gasteiger partial charge in [-0.2, -0.15) is 0 Å². The van der Waals surface area contributed by atoms with Crippen molar-refractivity contribution in [3.8, 4) is 0 Å². The van der Waals surface area contributed by atoms with Gasteiger partial charge >= 0.3 is 0 Å². The molecule has 1 heterocycles. The maximum absolute atomic E-state index is 4.31. The van der Waals surface area contributed by atoms with E-state index in [1.165, 1.54) is 0 Å². The number of rotatable bonds is 3. The van der Waals surface area contributed by atoms with Crippen LogP contribution in [0, 0.1) is 0 Å². The number of hydrazine groups is 1. The zero-order valence-corrected chi connectivity index (χ0v) is 6.89. The molecule has 2 N–H and O–H groups in total. The Bertz CT molecular complexity index is 222. The van der Waals surface area contributed by atoms with Crippen LogP contribution in [0.2, 0.25) is 0 Å². The molecule has 0 fully saturated rings. The van der Waals surface area contributed by atoms with Gasteiger partial charge in [0.2, 0.25) is 0 Å². The largest absolute Gasteiger partial charge is 0.306 e. The lowest BCUT2D eigenvalue weighted by molar-refractivity contribution is 0.945. The zero-order chi connectivity index (χ0) is 8.10. The van der Waals surface area contributed by atoms with Crippen molar-refractivity contribution in [3.63, 3.8) is 0 Å². The molecule has 1 aromatic heterocycles. The first-order chi connectivity index (χ1) is 5.36. The first-order valence-electron chi connectivity index (χ1n) is 3.75. The number of nitrogens with one attached hydrogen (secondary N) is 2. The third-order valence-corrected chi connectivity index (χ3v) is 1.42. The number of pyridine rings is 1. The summed E-state index contributed by atoms with van der Waals surface area (Å²) < 4.78 is 0. The van der Waals surface area contributed by atoms with Crippen LogP contribution in [0.1, 0.15) is 12.6 Å². The molecular weight excluding hydrogens is 138 g/mol. The van der Waals surface area contributed by atoms with Crippen molar-refractivity contribution in [3.05, 3.63) is 23.9 Å². The minimum absolute atomic E-state index is 0.867. The second-order valence-corrected chi connectivity index (χ2v) is 2.24. The van der Waals surface area contributed by atoms with E-state index >= 15 is 0 Å². The fourth-order valence-electron chi connectivity index (χ4n) is 0.874. The van der Waals surface area contributed by atoms with Crippen LogP contribution in [-0.4, -0.2) is 12.0 Å². The average molecular weight is 151 g/mol. The second-order valence-electron chi connectivity index (χ2n) is 2.24. The molecule has 60 valence electrons. The van der Waals surface area contributed by atoms with Crippen molar-refractivity contribution in [1.29, 1.82) is 0 Å². The van der Waals surface area contributed by atoms with Crippen molar-refractivity contribution >= 4 is 5.82 Å². The Balaban J connectivity index is 2.74. The fourth-order valence-corrected chi connectivity index (χ4v) is 0.874. The molecule has 0 bridgehead atoms. The summed E-state index contributed by atoms with van der Waals surface area (Å²) >= 11 is 0. The van der Waals surface area contributed by atoms with Gasteiger partial charge in [-0.05, 0) is 18.6 Å². The highest BCUT2D eigenvalue weighted by Crippen LogP contribution is 2.03. The van der Waals surface area contributed by atoms with Gasteiger partial charge in [-0.15, -0.1) is 0 Å². The number of hydrogen-bond acceptors (Lipinski definition) is 3. The predicted octanol–water partition coefficient (Wildman–Crippen LogP) is 1.19. The Morgan fingerprint density at radius 2 is 2.27 bits per heavy atom. The molecule has 3 heteroatoms. The zero-order valence-electron chi connectivity index (χ0n) is 6.89. The Labute approximate surface area is 66.8 Å². The van der Waals surface area contributed by atoms with Crippen LogP contribution >= 0.6 is 0 Å². The quantitative estimate of drug-likeness (QED) is 0.637. The topological polar surface area (TPSA) is 37.0 Å². The van der Waals surface area contributed by atoms with Crippen LogP contribution in [0.4, 0.5) is 5.82 Å². The summed E-state index contributed by atoms with van der Waals surface area (Å²) in [5.41, 5.74) is 6.85. The summed E-state index contributed by atoms with van der Waals surface area (Å²) in [6.45, 7) is 2.09. The molecule has 0 saturated heterocycles. The van der Waals surface area contributed by atoms with Gasteiger partial charge in [0.05, 0.1) is 0 Å².